The van der Waals surface area contributed by atoms with Gasteiger partial charge in [-0.2, -0.15) is 0 Å². The van der Waals surface area contributed by atoms with E-state index in [1.54, 1.807) is 12.1 Å². The van der Waals surface area contributed by atoms with Gasteiger partial charge in [-0.1, -0.05) is 12.1 Å². The molecule has 28 heavy (non-hydrogen) atoms. The van der Waals surface area contributed by atoms with Crippen LogP contribution < -0.4 is 15.4 Å². The van der Waals surface area contributed by atoms with Crippen molar-refractivity contribution in [2.75, 3.05) is 17.2 Å². The van der Waals surface area contributed by atoms with Crippen LogP contribution in [0.2, 0.25) is 0 Å². The van der Waals surface area contributed by atoms with Crippen LogP contribution in [0.1, 0.15) is 23.2 Å². The quantitative estimate of drug-likeness (QED) is 0.805. The van der Waals surface area contributed by atoms with E-state index in [9.17, 15) is 22.8 Å². The molecule has 0 aromatic heterocycles. The van der Waals surface area contributed by atoms with Gasteiger partial charge in [0.1, 0.15) is 11.9 Å². The number of amides is 2. The molecule has 0 bridgehead atoms. The minimum atomic E-state index is -4.82. The predicted octanol–water partition coefficient (Wildman–Crippen LogP) is 3.96. The molecular weight excluding hydrogens is 377 g/mol. The van der Waals surface area contributed by atoms with E-state index in [1.807, 2.05) is 0 Å². The molecule has 1 saturated heterocycles. The summed E-state index contributed by atoms with van der Waals surface area (Å²) >= 11 is 0. The summed E-state index contributed by atoms with van der Waals surface area (Å²) in [5, 5.41) is 5.19. The van der Waals surface area contributed by atoms with Crippen LogP contribution in [-0.4, -0.2) is 30.9 Å². The normalized spacial score (nSPS) is 16.5. The van der Waals surface area contributed by atoms with Crippen LogP contribution >= 0.6 is 0 Å². The first-order valence-electron chi connectivity index (χ1n) is 8.50. The van der Waals surface area contributed by atoms with Gasteiger partial charge in [0.05, 0.1) is 0 Å². The maximum absolute atomic E-state index is 12.4. The van der Waals surface area contributed by atoms with E-state index in [4.69, 9.17) is 4.74 Å². The molecule has 6 nitrogen and oxygen atoms in total. The number of nitrogens with one attached hydrogen (secondary N) is 2. The first-order valence-corrected chi connectivity index (χ1v) is 8.50. The van der Waals surface area contributed by atoms with Gasteiger partial charge in [-0.25, -0.2) is 0 Å². The standard InChI is InChI=1S/C19H17F3N2O4/c20-19(21,22)28-15-7-2-6-14(11-15)23-17(25)12-4-1-5-13(10-12)24-18(26)16-8-3-9-27-16/h1-2,4-7,10-11,16H,3,8-9H2,(H,23,25)(H,24,26)/t16-/m0/s1. The molecule has 3 rings (SSSR count). The molecule has 1 heterocycles. The summed E-state index contributed by atoms with van der Waals surface area (Å²) in [4.78, 5) is 24.5. The third-order valence-electron chi connectivity index (χ3n) is 3.94. The van der Waals surface area contributed by atoms with Crippen molar-refractivity contribution in [2.24, 2.45) is 0 Å². The molecule has 2 N–H and O–H groups in total. The average Bonchev–Trinajstić information content (AvgIpc) is 3.15. The summed E-state index contributed by atoms with van der Waals surface area (Å²) < 4.78 is 46.1. The second kappa shape index (κ2) is 8.30. The Balaban J connectivity index is 1.66. The van der Waals surface area contributed by atoms with Gasteiger partial charge in [0.15, 0.2) is 0 Å². The molecule has 2 aromatic carbocycles. The fourth-order valence-corrected chi connectivity index (χ4v) is 2.72. The monoisotopic (exact) mass is 394 g/mol. The predicted molar refractivity (Wildman–Crippen MR) is 95.1 cm³/mol. The van der Waals surface area contributed by atoms with Crippen LogP contribution in [0.5, 0.6) is 5.75 Å². The first-order chi connectivity index (χ1) is 13.3. The van der Waals surface area contributed by atoms with Crippen LogP contribution in [0.15, 0.2) is 48.5 Å². The topological polar surface area (TPSA) is 76.7 Å². The lowest BCUT2D eigenvalue weighted by atomic mass is 10.1. The minimum Gasteiger partial charge on any atom is -0.406 e. The van der Waals surface area contributed by atoms with Gasteiger partial charge in [-0.3, -0.25) is 9.59 Å². The Hall–Kier alpha value is -3.07. The Morgan fingerprint density at radius 2 is 1.75 bits per heavy atom. The lowest BCUT2D eigenvalue weighted by molar-refractivity contribution is -0.274. The van der Waals surface area contributed by atoms with Crippen molar-refractivity contribution in [1.82, 2.24) is 0 Å². The summed E-state index contributed by atoms with van der Waals surface area (Å²) in [6.45, 7) is 0.539. The van der Waals surface area contributed by atoms with Gasteiger partial charge in [0.25, 0.3) is 11.8 Å². The van der Waals surface area contributed by atoms with E-state index in [0.29, 0.717) is 18.7 Å². The summed E-state index contributed by atoms with van der Waals surface area (Å²) in [6.07, 6.45) is -3.87. The Morgan fingerprint density at radius 3 is 2.43 bits per heavy atom. The molecule has 1 fully saturated rings. The highest BCUT2D eigenvalue weighted by Gasteiger charge is 2.31. The Kier molecular flexibility index (Phi) is 5.84. The summed E-state index contributed by atoms with van der Waals surface area (Å²) in [7, 11) is 0. The third-order valence-corrected chi connectivity index (χ3v) is 3.94. The van der Waals surface area contributed by atoms with E-state index < -0.39 is 24.1 Å². The van der Waals surface area contributed by atoms with E-state index >= 15 is 0 Å². The van der Waals surface area contributed by atoms with Crippen molar-refractivity contribution in [1.29, 1.82) is 0 Å². The summed E-state index contributed by atoms with van der Waals surface area (Å²) in [6, 6.07) is 11.2. The zero-order valence-corrected chi connectivity index (χ0v) is 14.6. The lowest BCUT2D eigenvalue weighted by Crippen LogP contribution is -2.27. The zero-order chi connectivity index (χ0) is 20.1. The highest BCUT2D eigenvalue weighted by atomic mass is 19.4. The number of halogens is 3. The molecule has 1 aliphatic heterocycles. The molecule has 9 heteroatoms. The molecule has 0 radical (unpaired) electrons. The number of hydrogen-bond acceptors (Lipinski definition) is 4. The zero-order valence-electron chi connectivity index (χ0n) is 14.6. The molecule has 0 saturated carbocycles. The first kappa shape index (κ1) is 19.7. The number of ether oxygens (including phenoxy) is 2. The number of benzene rings is 2. The van der Waals surface area contributed by atoms with E-state index in [-0.39, 0.29) is 17.2 Å². The largest absolute Gasteiger partial charge is 0.573 e. The van der Waals surface area contributed by atoms with E-state index in [0.717, 1.165) is 18.6 Å². The van der Waals surface area contributed by atoms with Gasteiger partial charge >= 0.3 is 6.36 Å². The van der Waals surface area contributed by atoms with Gasteiger partial charge in [0.2, 0.25) is 0 Å². The Labute approximate surface area is 158 Å². The molecule has 0 aliphatic carbocycles. The van der Waals surface area contributed by atoms with Crippen molar-refractivity contribution < 1.29 is 32.2 Å². The van der Waals surface area contributed by atoms with Crippen molar-refractivity contribution >= 4 is 23.2 Å². The fraction of sp³-hybridized carbons (Fsp3) is 0.263. The Morgan fingerprint density at radius 1 is 1.04 bits per heavy atom. The van der Waals surface area contributed by atoms with Crippen LogP contribution in [0.25, 0.3) is 0 Å². The van der Waals surface area contributed by atoms with Gasteiger partial charge in [0, 0.05) is 29.6 Å². The number of carbonyl (C=O) groups is 2. The molecule has 148 valence electrons. The summed E-state index contributed by atoms with van der Waals surface area (Å²) in [5.74, 6) is -1.27. The smallest absolute Gasteiger partial charge is 0.406 e. The Bertz CT molecular complexity index is 864. The molecule has 1 aliphatic rings. The third kappa shape index (κ3) is 5.46. The van der Waals surface area contributed by atoms with E-state index in [1.165, 1.54) is 24.3 Å². The molecule has 0 unspecified atom stereocenters. The van der Waals surface area contributed by atoms with E-state index in [2.05, 4.69) is 15.4 Å². The number of anilines is 2. The molecule has 2 amide bonds. The molecule has 1 atom stereocenters. The van der Waals surface area contributed by atoms with Crippen LogP contribution in [0.4, 0.5) is 24.5 Å². The summed E-state index contributed by atoms with van der Waals surface area (Å²) in [5.41, 5.74) is 0.787. The van der Waals surface area contributed by atoms with Crippen LogP contribution in [-0.2, 0) is 9.53 Å². The highest BCUT2D eigenvalue weighted by molar-refractivity contribution is 6.05. The van der Waals surface area contributed by atoms with Gasteiger partial charge in [-0.15, -0.1) is 13.2 Å². The highest BCUT2D eigenvalue weighted by Crippen LogP contribution is 2.25. The molecule has 0 spiro atoms. The van der Waals surface area contributed by atoms with Crippen molar-refractivity contribution in [3.05, 3.63) is 54.1 Å². The van der Waals surface area contributed by atoms with Crippen molar-refractivity contribution in [3.63, 3.8) is 0 Å². The minimum absolute atomic E-state index is 0.139. The number of carbonyl (C=O) groups excluding carboxylic acids is 2. The lowest BCUT2D eigenvalue weighted by Gasteiger charge is -2.12. The molecular formula is C19H17F3N2O4. The number of alkyl halides is 3. The van der Waals surface area contributed by atoms with Crippen LogP contribution in [0.3, 0.4) is 0 Å². The second-order valence-electron chi connectivity index (χ2n) is 6.10. The SMILES string of the molecule is O=C(Nc1cccc(OC(F)(F)F)c1)c1cccc(NC(=O)[C@@H]2CCCO2)c1. The maximum atomic E-state index is 12.4. The second-order valence-corrected chi connectivity index (χ2v) is 6.10. The fourth-order valence-electron chi connectivity index (χ4n) is 2.72. The number of hydrogen-bond donors (Lipinski definition) is 2. The van der Waals surface area contributed by atoms with Crippen molar-refractivity contribution in [2.45, 2.75) is 25.3 Å². The van der Waals surface area contributed by atoms with Gasteiger partial charge in [-0.05, 0) is 43.2 Å². The average molecular weight is 394 g/mol. The van der Waals surface area contributed by atoms with Crippen molar-refractivity contribution in [3.8, 4) is 5.75 Å². The van der Waals surface area contributed by atoms with Gasteiger partial charge < -0.3 is 20.1 Å². The maximum Gasteiger partial charge on any atom is 0.573 e. The molecule has 2 aromatic rings. The number of rotatable bonds is 5. The van der Waals surface area contributed by atoms with Crippen LogP contribution in [0, 0.1) is 0 Å².